The molecule has 2 aromatic carbocycles. The Kier molecular flexibility index (Phi) is 6.79. The number of ether oxygens (including phenoxy) is 3. The summed E-state index contributed by atoms with van der Waals surface area (Å²) in [5.74, 6) is -0.646. The molecule has 4 N–H and O–H groups in total. The van der Waals surface area contributed by atoms with Crippen LogP contribution in [0.1, 0.15) is 12.0 Å². The van der Waals surface area contributed by atoms with Gasteiger partial charge in [0.1, 0.15) is 12.4 Å². The molecule has 0 spiro atoms. The van der Waals surface area contributed by atoms with Crippen LogP contribution in [0.2, 0.25) is 0 Å². The third kappa shape index (κ3) is 6.43. The first-order valence-electron chi connectivity index (χ1n) is 7.84. The molecule has 0 aliphatic carbocycles. The zero-order valence-electron chi connectivity index (χ0n) is 14.3. The summed E-state index contributed by atoms with van der Waals surface area (Å²) in [6.45, 7) is -0.140. The summed E-state index contributed by atoms with van der Waals surface area (Å²) in [5.41, 5.74) is 12.7. The fourth-order valence-electron chi connectivity index (χ4n) is 1.96. The van der Waals surface area contributed by atoms with E-state index in [-0.39, 0.29) is 24.5 Å². The Morgan fingerprint density at radius 2 is 1.85 bits per heavy atom. The molecule has 0 saturated carbocycles. The van der Waals surface area contributed by atoms with E-state index in [4.69, 9.17) is 26.2 Å². The number of esters is 2. The van der Waals surface area contributed by atoms with E-state index in [0.29, 0.717) is 17.0 Å². The molecule has 2 rings (SSSR count). The number of carbonyl (C=O) groups excluding carboxylic acids is 2. The lowest BCUT2D eigenvalue weighted by Crippen LogP contribution is -2.14. The average Bonchev–Trinajstić information content (AvgIpc) is 2.64. The largest absolute Gasteiger partial charge is 0.462 e. The Bertz CT molecular complexity index is 885. The third-order valence-corrected chi connectivity index (χ3v) is 3.27. The maximum absolute atomic E-state index is 11.8. The molecule has 0 bridgehead atoms. The number of nitriles is 1. The van der Waals surface area contributed by atoms with Crippen LogP contribution in [0.15, 0.2) is 48.5 Å². The van der Waals surface area contributed by atoms with Crippen molar-refractivity contribution in [2.24, 2.45) is 0 Å². The highest BCUT2D eigenvalue weighted by Crippen LogP contribution is 2.24. The van der Waals surface area contributed by atoms with E-state index in [2.05, 4.69) is 4.74 Å². The minimum Gasteiger partial charge on any atom is -0.462 e. The van der Waals surface area contributed by atoms with Crippen LogP contribution in [0, 0.1) is 11.5 Å². The maximum Gasteiger partial charge on any atom is 0.330 e. The number of hydrogen-bond acceptors (Lipinski definition) is 8. The van der Waals surface area contributed by atoms with Crippen LogP contribution in [0.25, 0.3) is 6.08 Å². The second-order valence-electron chi connectivity index (χ2n) is 5.28. The fraction of sp³-hybridized carbons (Fsp3) is 0.105. The van der Waals surface area contributed by atoms with Gasteiger partial charge in [-0.25, -0.2) is 4.79 Å². The predicted octanol–water partition coefficient (Wildman–Crippen LogP) is 2.26. The molecule has 27 heavy (non-hydrogen) atoms. The summed E-state index contributed by atoms with van der Waals surface area (Å²) in [5, 5.41) is 8.40. The van der Waals surface area contributed by atoms with Gasteiger partial charge in [0.25, 0.3) is 6.26 Å². The van der Waals surface area contributed by atoms with Crippen molar-refractivity contribution >= 4 is 29.4 Å². The van der Waals surface area contributed by atoms with Crippen LogP contribution in [0.4, 0.5) is 11.4 Å². The molecule has 8 nitrogen and oxygen atoms in total. The number of nitrogen functional groups attached to an aromatic ring is 2. The van der Waals surface area contributed by atoms with E-state index in [0.717, 1.165) is 0 Å². The molecule has 0 amide bonds. The first kappa shape index (κ1) is 19.3. The molecule has 0 aromatic heterocycles. The summed E-state index contributed by atoms with van der Waals surface area (Å²) in [6.07, 6.45) is 4.19. The molecule has 0 aliphatic rings. The zero-order valence-corrected chi connectivity index (χ0v) is 14.3. The van der Waals surface area contributed by atoms with Crippen molar-refractivity contribution in [2.45, 2.75) is 6.42 Å². The van der Waals surface area contributed by atoms with Gasteiger partial charge in [0, 0.05) is 17.8 Å². The number of rotatable bonds is 7. The van der Waals surface area contributed by atoms with Crippen LogP contribution in [-0.2, 0) is 14.3 Å². The quantitative estimate of drug-likeness (QED) is 0.250. The van der Waals surface area contributed by atoms with Crippen molar-refractivity contribution in [2.75, 3.05) is 18.1 Å². The lowest BCUT2D eigenvalue weighted by molar-refractivity contribution is -0.141. The predicted molar refractivity (Wildman–Crippen MR) is 98.2 cm³/mol. The number of benzene rings is 2. The van der Waals surface area contributed by atoms with Crippen molar-refractivity contribution in [1.29, 1.82) is 5.26 Å². The fourth-order valence-corrected chi connectivity index (χ4v) is 1.96. The second-order valence-corrected chi connectivity index (χ2v) is 5.28. The number of nitrogens with two attached hydrogens (primary N) is 2. The normalized spacial score (nSPS) is 10.2. The first-order valence-corrected chi connectivity index (χ1v) is 7.84. The number of anilines is 2. The lowest BCUT2D eigenvalue weighted by Gasteiger charge is -2.08. The topological polar surface area (TPSA) is 138 Å². The summed E-state index contributed by atoms with van der Waals surface area (Å²) < 4.78 is 14.7. The van der Waals surface area contributed by atoms with E-state index in [1.54, 1.807) is 36.6 Å². The summed E-state index contributed by atoms with van der Waals surface area (Å²) >= 11 is 0. The van der Waals surface area contributed by atoms with Crippen molar-refractivity contribution in [1.82, 2.24) is 0 Å². The van der Waals surface area contributed by atoms with Crippen LogP contribution in [0.5, 0.6) is 11.5 Å². The molecule has 2 aromatic rings. The summed E-state index contributed by atoms with van der Waals surface area (Å²) in [7, 11) is 0. The van der Waals surface area contributed by atoms with Crippen LogP contribution >= 0.6 is 0 Å². The molecular weight excluding hydrogens is 350 g/mol. The van der Waals surface area contributed by atoms with E-state index in [1.807, 2.05) is 0 Å². The number of nitrogens with zero attached hydrogens (tertiary/aromatic N) is 1. The van der Waals surface area contributed by atoms with Gasteiger partial charge in [-0.3, -0.25) is 4.79 Å². The van der Waals surface area contributed by atoms with Gasteiger partial charge in [0.05, 0.1) is 12.1 Å². The zero-order chi connectivity index (χ0) is 19.6. The highest BCUT2D eigenvalue weighted by atomic mass is 16.5. The van der Waals surface area contributed by atoms with Gasteiger partial charge in [-0.15, -0.1) is 5.26 Å². The second kappa shape index (κ2) is 9.48. The minimum atomic E-state index is -0.608. The highest BCUT2D eigenvalue weighted by Gasteiger charge is 2.09. The van der Waals surface area contributed by atoms with Gasteiger partial charge in [-0.1, -0.05) is 12.1 Å². The number of carbonyl (C=O) groups is 2. The van der Waals surface area contributed by atoms with Crippen LogP contribution in [-0.4, -0.2) is 18.5 Å². The van der Waals surface area contributed by atoms with E-state index >= 15 is 0 Å². The Balaban J connectivity index is 1.76. The molecule has 0 heterocycles. The molecule has 0 fully saturated rings. The van der Waals surface area contributed by atoms with Gasteiger partial charge in [0.15, 0.2) is 5.75 Å². The molecule has 0 aliphatic heterocycles. The Morgan fingerprint density at radius 3 is 2.56 bits per heavy atom. The Labute approximate surface area is 155 Å². The van der Waals surface area contributed by atoms with Crippen molar-refractivity contribution < 1.29 is 23.8 Å². The molecule has 8 heteroatoms. The first-order chi connectivity index (χ1) is 13.0. The summed E-state index contributed by atoms with van der Waals surface area (Å²) in [6, 6.07) is 11.1. The minimum absolute atomic E-state index is 0.131. The monoisotopic (exact) mass is 367 g/mol. The third-order valence-electron chi connectivity index (χ3n) is 3.27. The van der Waals surface area contributed by atoms with Gasteiger partial charge < -0.3 is 25.7 Å². The smallest absolute Gasteiger partial charge is 0.330 e. The molecule has 138 valence electrons. The van der Waals surface area contributed by atoms with Gasteiger partial charge in [0.2, 0.25) is 0 Å². The molecule has 0 atom stereocenters. The van der Waals surface area contributed by atoms with E-state index in [9.17, 15) is 9.59 Å². The molecule has 0 radical (unpaired) electrons. The van der Waals surface area contributed by atoms with E-state index in [1.165, 1.54) is 24.3 Å². The summed E-state index contributed by atoms with van der Waals surface area (Å²) in [4.78, 5) is 23.4. The van der Waals surface area contributed by atoms with Crippen molar-refractivity contribution in [3.63, 3.8) is 0 Å². The lowest BCUT2D eigenvalue weighted by atomic mass is 10.2. The Morgan fingerprint density at radius 1 is 1.11 bits per heavy atom. The van der Waals surface area contributed by atoms with Gasteiger partial charge >= 0.3 is 11.9 Å². The van der Waals surface area contributed by atoms with Gasteiger partial charge in [-0.2, -0.15) is 0 Å². The standard InChI is InChI=1S/C19H17N3O5/c20-12-26-15-5-1-13(2-6-15)3-8-18(23)25-10-9-19(24)27-17-11-14(21)4-7-16(17)22/h1-8,11H,9-10,21-22H2/b8-3+. The van der Waals surface area contributed by atoms with Gasteiger partial charge in [-0.05, 0) is 35.9 Å². The number of hydrogen-bond donors (Lipinski definition) is 2. The SMILES string of the molecule is N#COc1ccc(/C=C/C(=O)OCCC(=O)Oc2cc(N)ccc2N)cc1. The molecule has 0 unspecified atom stereocenters. The van der Waals surface area contributed by atoms with Crippen molar-refractivity contribution in [3.05, 3.63) is 54.1 Å². The van der Waals surface area contributed by atoms with E-state index < -0.39 is 11.9 Å². The average molecular weight is 367 g/mol. The Hall–Kier alpha value is -3.99. The molecule has 0 saturated heterocycles. The molecular formula is C19H17N3O5. The van der Waals surface area contributed by atoms with Crippen LogP contribution < -0.4 is 20.9 Å². The highest BCUT2D eigenvalue weighted by molar-refractivity contribution is 5.87. The van der Waals surface area contributed by atoms with Crippen molar-refractivity contribution in [3.8, 4) is 17.8 Å². The maximum atomic E-state index is 11.8. The van der Waals surface area contributed by atoms with Crippen LogP contribution in [0.3, 0.4) is 0 Å².